The van der Waals surface area contributed by atoms with Crippen molar-refractivity contribution >= 4 is 0 Å². The Kier molecular flexibility index (Phi) is 1.17. The van der Waals surface area contributed by atoms with Crippen LogP contribution in [0, 0.1) is 38.9 Å². The first kappa shape index (κ1) is 8.08. The molecule has 58 valence electrons. The van der Waals surface area contributed by atoms with Gasteiger partial charge >= 0.3 is 0 Å². The van der Waals surface area contributed by atoms with E-state index in [4.69, 9.17) is 10.5 Å². The predicted molar refractivity (Wildman–Crippen MR) is 41.2 cm³/mol. The van der Waals surface area contributed by atoms with Crippen LogP contribution in [-0.4, -0.2) is 0 Å². The first-order valence-corrected chi connectivity index (χ1v) is 3.70. The summed E-state index contributed by atoms with van der Waals surface area (Å²) in [4.78, 5) is 0. The zero-order chi connectivity index (χ0) is 8.91. The van der Waals surface area contributed by atoms with E-state index in [0.717, 1.165) is 0 Å². The smallest absolute Gasteiger partial charge is 0.155 e. The maximum Gasteiger partial charge on any atom is 0.155 e. The van der Waals surface area contributed by atoms with Crippen molar-refractivity contribution in [2.24, 2.45) is 16.2 Å². The first-order chi connectivity index (χ1) is 4.87. The molecule has 1 rings (SSSR count). The number of rotatable bonds is 0. The molecule has 0 radical (unpaired) electrons. The van der Waals surface area contributed by atoms with Crippen molar-refractivity contribution in [3.63, 3.8) is 0 Å². The van der Waals surface area contributed by atoms with E-state index in [9.17, 15) is 0 Å². The van der Waals surface area contributed by atoms with Gasteiger partial charge in [-0.05, 0) is 0 Å². The third kappa shape index (κ3) is 0.487. The van der Waals surface area contributed by atoms with Crippen LogP contribution in [0.15, 0.2) is 0 Å². The van der Waals surface area contributed by atoms with Crippen LogP contribution in [0.3, 0.4) is 0 Å². The highest BCUT2D eigenvalue weighted by atomic mass is 14.8. The van der Waals surface area contributed by atoms with Gasteiger partial charge in [0.25, 0.3) is 0 Å². The Bertz CT molecular complexity index is 243. The second-order valence-electron chi connectivity index (χ2n) is 4.22. The lowest BCUT2D eigenvalue weighted by molar-refractivity contribution is 0.457. The highest BCUT2D eigenvalue weighted by Gasteiger charge is 2.79. The molecule has 1 saturated carbocycles. The average molecular weight is 148 g/mol. The van der Waals surface area contributed by atoms with Crippen LogP contribution in [0.5, 0.6) is 0 Å². The molecule has 11 heavy (non-hydrogen) atoms. The van der Waals surface area contributed by atoms with Crippen molar-refractivity contribution < 1.29 is 0 Å². The molecule has 1 fully saturated rings. The Balaban J connectivity index is 3.19. The quantitative estimate of drug-likeness (QED) is 0.528. The zero-order valence-electron chi connectivity index (χ0n) is 7.39. The number of nitrogens with zero attached hydrogens (tertiary/aromatic N) is 2. The van der Waals surface area contributed by atoms with E-state index in [1.165, 1.54) is 0 Å². The van der Waals surface area contributed by atoms with Gasteiger partial charge < -0.3 is 0 Å². The second-order valence-corrected chi connectivity index (χ2v) is 4.22. The molecule has 0 aromatic rings. The van der Waals surface area contributed by atoms with E-state index in [1.54, 1.807) is 0 Å². The van der Waals surface area contributed by atoms with Crippen LogP contribution in [0.25, 0.3) is 0 Å². The lowest BCUT2D eigenvalue weighted by atomic mass is 9.99. The van der Waals surface area contributed by atoms with Crippen molar-refractivity contribution in [3.8, 4) is 12.1 Å². The first-order valence-electron chi connectivity index (χ1n) is 3.70. The van der Waals surface area contributed by atoms with Gasteiger partial charge in [0.2, 0.25) is 0 Å². The van der Waals surface area contributed by atoms with Crippen molar-refractivity contribution in [2.75, 3.05) is 0 Å². The minimum Gasteiger partial charge on any atom is -0.197 e. The highest BCUT2D eigenvalue weighted by Crippen LogP contribution is 2.77. The van der Waals surface area contributed by atoms with Crippen LogP contribution < -0.4 is 0 Å². The fourth-order valence-electron chi connectivity index (χ4n) is 1.90. The standard InChI is InChI=1S/C9H12N2/c1-7(2)8(3,4)9(7,5-10)6-11/h1-4H3. The average Bonchev–Trinajstić information content (AvgIpc) is 2.22. The Morgan fingerprint density at radius 1 is 0.818 bits per heavy atom. The number of nitriles is 2. The monoisotopic (exact) mass is 148 g/mol. The summed E-state index contributed by atoms with van der Waals surface area (Å²) in [6.07, 6.45) is 0. The molecular weight excluding hydrogens is 136 g/mol. The summed E-state index contributed by atoms with van der Waals surface area (Å²) in [5, 5.41) is 17.7. The van der Waals surface area contributed by atoms with Gasteiger partial charge in [-0.25, -0.2) is 0 Å². The maximum absolute atomic E-state index is 8.86. The van der Waals surface area contributed by atoms with E-state index in [-0.39, 0.29) is 10.8 Å². The molecule has 2 nitrogen and oxygen atoms in total. The molecule has 0 atom stereocenters. The fraction of sp³-hybridized carbons (Fsp3) is 0.778. The SMILES string of the molecule is CC1(C)C(C)(C)C1(C#N)C#N. The van der Waals surface area contributed by atoms with Gasteiger partial charge in [-0.3, -0.25) is 0 Å². The third-order valence-electron chi connectivity index (χ3n) is 3.71. The third-order valence-corrected chi connectivity index (χ3v) is 3.71. The van der Waals surface area contributed by atoms with Crippen molar-refractivity contribution in [1.82, 2.24) is 0 Å². The molecule has 0 unspecified atom stereocenters. The molecule has 0 bridgehead atoms. The normalized spacial score (nSPS) is 28.2. The summed E-state index contributed by atoms with van der Waals surface area (Å²) in [7, 11) is 0. The predicted octanol–water partition coefficient (Wildman–Crippen LogP) is 2.09. The number of hydrogen-bond donors (Lipinski definition) is 0. The summed E-state index contributed by atoms with van der Waals surface area (Å²) < 4.78 is 0. The minimum atomic E-state index is -0.764. The molecule has 2 heteroatoms. The molecule has 0 amide bonds. The van der Waals surface area contributed by atoms with Crippen molar-refractivity contribution in [3.05, 3.63) is 0 Å². The summed E-state index contributed by atoms with van der Waals surface area (Å²) >= 11 is 0. The molecule has 0 N–H and O–H groups in total. The molecule has 0 aromatic heterocycles. The van der Waals surface area contributed by atoms with Gasteiger partial charge in [0.1, 0.15) is 0 Å². The van der Waals surface area contributed by atoms with Gasteiger partial charge in [-0.2, -0.15) is 10.5 Å². The second kappa shape index (κ2) is 1.59. The molecule has 0 aliphatic heterocycles. The fourth-order valence-corrected chi connectivity index (χ4v) is 1.90. The molecule has 0 spiro atoms. The van der Waals surface area contributed by atoms with E-state index in [2.05, 4.69) is 12.1 Å². The van der Waals surface area contributed by atoms with Gasteiger partial charge in [0.15, 0.2) is 5.41 Å². The van der Waals surface area contributed by atoms with Crippen molar-refractivity contribution in [1.29, 1.82) is 10.5 Å². The van der Waals surface area contributed by atoms with E-state index < -0.39 is 5.41 Å². The van der Waals surface area contributed by atoms with E-state index >= 15 is 0 Å². The van der Waals surface area contributed by atoms with Gasteiger partial charge in [0, 0.05) is 10.8 Å². The van der Waals surface area contributed by atoms with Crippen LogP contribution >= 0.6 is 0 Å². The van der Waals surface area contributed by atoms with Gasteiger partial charge in [-0.15, -0.1) is 0 Å². The Hall–Kier alpha value is -1.02. The van der Waals surface area contributed by atoms with E-state index in [0.29, 0.717) is 0 Å². The maximum atomic E-state index is 8.86. The molecular formula is C9H12N2. The zero-order valence-corrected chi connectivity index (χ0v) is 7.39. The summed E-state index contributed by atoms with van der Waals surface area (Å²) in [5.41, 5.74) is -1.09. The van der Waals surface area contributed by atoms with Crippen LogP contribution in [0.2, 0.25) is 0 Å². The van der Waals surface area contributed by atoms with Crippen molar-refractivity contribution in [2.45, 2.75) is 27.7 Å². The molecule has 1 aliphatic carbocycles. The lowest BCUT2D eigenvalue weighted by Gasteiger charge is -2.01. The van der Waals surface area contributed by atoms with E-state index in [1.807, 2.05) is 27.7 Å². The molecule has 0 heterocycles. The summed E-state index contributed by atoms with van der Waals surface area (Å²) in [6.45, 7) is 7.89. The van der Waals surface area contributed by atoms with Crippen LogP contribution in [0.1, 0.15) is 27.7 Å². The lowest BCUT2D eigenvalue weighted by Crippen LogP contribution is -2.02. The van der Waals surface area contributed by atoms with Gasteiger partial charge in [-0.1, -0.05) is 27.7 Å². The number of hydrogen-bond acceptors (Lipinski definition) is 2. The molecule has 0 saturated heterocycles. The van der Waals surface area contributed by atoms with Crippen LogP contribution in [-0.2, 0) is 0 Å². The van der Waals surface area contributed by atoms with Gasteiger partial charge in [0.05, 0.1) is 12.1 Å². The Morgan fingerprint density at radius 2 is 1.09 bits per heavy atom. The Morgan fingerprint density at radius 3 is 1.09 bits per heavy atom. The molecule has 0 aromatic carbocycles. The summed E-state index contributed by atoms with van der Waals surface area (Å²) in [5.74, 6) is 0. The minimum absolute atomic E-state index is 0.163. The topological polar surface area (TPSA) is 47.6 Å². The summed E-state index contributed by atoms with van der Waals surface area (Å²) in [6, 6.07) is 4.24. The largest absolute Gasteiger partial charge is 0.197 e. The molecule has 1 aliphatic rings. The highest BCUT2D eigenvalue weighted by molar-refractivity contribution is 5.41. The Labute approximate surface area is 67.4 Å². The van der Waals surface area contributed by atoms with Crippen LogP contribution in [0.4, 0.5) is 0 Å².